The number of carbonyl (C=O) groups excluding carboxylic acids is 2. The Morgan fingerprint density at radius 3 is 2.38 bits per heavy atom. The van der Waals surface area contributed by atoms with E-state index in [1.54, 1.807) is 0 Å². The second kappa shape index (κ2) is 5.96. The lowest BCUT2D eigenvalue weighted by molar-refractivity contribution is -0.214. The zero-order valence-electron chi connectivity index (χ0n) is 11.7. The van der Waals surface area contributed by atoms with E-state index in [0.717, 1.165) is 18.2 Å². The molecule has 2 rings (SSSR count). The van der Waals surface area contributed by atoms with E-state index in [-0.39, 0.29) is 5.06 Å². The van der Waals surface area contributed by atoms with Crippen LogP contribution < -0.4 is 5.73 Å². The van der Waals surface area contributed by atoms with Gasteiger partial charge >= 0.3 is 12.4 Å². The molecule has 1 saturated heterocycles. The minimum atomic E-state index is -5.03. The third-order valence-electron chi connectivity index (χ3n) is 3.28. The van der Waals surface area contributed by atoms with Crippen molar-refractivity contribution < 1.29 is 40.8 Å². The molecule has 1 heterocycles. The number of alkyl halides is 6. The molecule has 1 aliphatic heterocycles. The lowest BCUT2D eigenvalue weighted by Crippen LogP contribution is -2.35. The molecule has 132 valence electrons. The summed E-state index contributed by atoms with van der Waals surface area (Å²) in [4.78, 5) is 27.7. The molecule has 2 amide bonds. The quantitative estimate of drug-likeness (QED) is 0.845. The number of benzene rings is 1. The van der Waals surface area contributed by atoms with Crippen molar-refractivity contribution in [2.75, 3.05) is 13.2 Å². The fourth-order valence-corrected chi connectivity index (χ4v) is 2.36. The zero-order chi connectivity index (χ0) is 18.3. The maximum Gasteiger partial charge on any atom is 0.417 e. The molecule has 5 nitrogen and oxygen atoms in total. The summed E-state index contributed by atoms with van der Waals surface area (Å²) >= 11 is 0. The van der Waals surface area contributed by atoms with Gasteiger partial charge in [-0.2, -0.15) is 26.3 Å². The number of hydrogen-bond donors (Lipinski definition) is 1. The molecule has 1 aromatic carbocycles. The Kier molecular flexibility index (Phi) is 4.48. The number of nitrogens with zero attached hydrogens (tertiary/aromatic N) is 1. The second-order valence-electron chi connectivity index (χ2n) is 4.97. The van der Waals surface area contributed by atoms with Crippen molar-refractivity contribution in [3.05, 3.63) is 34.9 Å². The normalized spacial score (nSPS) is 19.0. The highest BCUT2D eigenvalue weighted by Gasteiger charge is 2.46. The fraction of sp³-hybridized carbons (Fsp3) is 0.385. The summed E-state index contributed by atoms with van der Waals surface area (Å²) in [6.07, 6.45) is -9.80. The van der Waals surface area contributed by atoms with E-state index in [9.17, 15) is 35.9 Å². The van der Waals surface area contributed by atoms with Crippen LogP contribution in [-0.4, -0.2) is 36.2 Å². The monoisotopic (exact) mass is 356 g/mol. The van der Waals surface area contributed by atoms with Crippen LogP contribution in [0.1, 0.15) is 27.4 Å². The van der Waals surface area contributed by atoms with Gasteiger partial charge in [0.05, 0.1) is 23.7 Å². The minimum Gasteiger partial charge on any atom is -0.366 e. The van der Waals surface area contributed by atoms with Gasteiger partial charge in [-0.05, 0) is 11.6 Å². The highest BCUT2D eigenvalue weighted by molar-refractivity contribution is 5.96. The number of primary amides is 1. The lowest BCUT2D eigenvalue weighted by Gasteiger charge is -2.19. The van der Waals surface area contributed by atoms with E-state index in [1.165, 1.54) is 0 Å². The average Bonchev–Trinajstić information content (AvgIpc) is 2.76. The first kappa shape index (κ1) is 18.0. The third kappa shape index (κ3) is 3.61. The Bertz CT molecular complexity index is 671. The van der Waals surface area contributed by atoms with E-state index in [1.807, 2.05) is 0 Å². The van der Waals surface area contributed by atoms with Crippen molar-refractivity contribution in [1.29, 1.82) is 0 Å². The molecular weight excluding hydrogens is 346 g/mol. The van der Waals surface area contributed by atoms with Crippen molar-refractivity contribution in [1.82, 2.24) is 5.06 Å². The maximum atomic E-state index is 13.3. The Labute approximate surface area is 130 Å². The van der Waals surface area contributed by atoms with Gasteiger partial charge in [0.1, 0.15) is 6.54 Å². The van der Waals surface area contributed by atoms with E-state index in [2.05, 4.69) is 4.84 Å². The van der Waals surface area contributed by atoms with E-state index in [4.69, 9.17) is 5.73 Å². The summed E-state index contributed by atoms with van der Waals surface area (Å²) < 4.78 is 76.8. The number of nitrogens with two attached hydrogens (primary N) is 1. The molecule has 0 unspecified atom stereocenters. The van der Waals surface area contributed by atoms with Crippen LogP contribution >= 0.6 is 0 Å². The first-order chi connectivity index (χ1) is 10.9. The van der Waals surface area contributed by atoms with Crippen LogP contribution in [0.5, 0.6) is 0 Å². The molecule has 1 aliphatic rings. The molecule has 0 aliphatic carbocycles. The largest absolute Gasteiger partial charge is 0.417 e. The van der Waals surface area contributed by atoms with Crippen LogP contribution in [0.25, 0.3) is 0 Å². The number of rotatable bonds is 3. The Morgan fingerprint density at radius 1 is 1.25 bits per heavy atom. The van der Waals surface area contributed by atoms with Gasteiger partial charge in [-0.25, -0.2) is 5.06 Å². The van der Waals surface area contributed by atoms with Crippen molar-refractivity contribution in [2.45, 2.75) is 18.3 Å². The summed E-state index contributed by atoms with van der Waals surface area (Å²) in [7, 11) is 0. The van der Waals surface area contributed by atoms with E-state index < -0.39 is 59.9 Å². The fourth-order valence-electron chi connectivity index (χ4n) is 2.36. The SMILES string of the molecule is NC(=O)c1cccc([C@@H]2CON(CC(F)(F)F)C2=O)c1C(F)(F)F. The average molecular weight is 356 g/mol. The molecule has 0 bridgehead atoms. The van der Waals surface area contributed by atoms with Gasteiger partial charge < -0.3 is 5.73 Å². The Morgan fingerprint density at radius 2 is 1.88 bits per heavy atom. The summed E-state index contributed by atoms with van der Waals surface area (Å²) in [6.45, 7) is -2.46. The molecule has 2 N–H and O–H groups in total. The highest BCUT2D eigenvalue weighted by atomic mass is 19.4. The summed E-state index contributed by atoms with van der Waals surface area (Å²) in [6, 6.07) is 2.78. The van der Waals surface area contributed by atoms with Crippen LogP contribution in [0, 0.1) is 0 Å². The topological polar surface area (TPSA) is 72.6 Å². The standard InChI is InChI=1S/C13H10F6N2O3/c14-12(15,16)5-21-11(23)8(4-24-21)6-2-1-3-7(10(20)22)9(6)13(17,18)19/h1-3,8H,4-5H2,(H2,20,22)/t8-/m0/s1. The molecule has 1 atom stereocenters. The number of hydrogen-bond acceptors (Lipinski definition) is 3. The van der Waals surface area contributed by atoms with Crippen molar-refractivity contribution in [3.8, 4) is 0 Å². The molecule has 1 fully saturated rings. The van der Waals surface area contributed by atoms with Crippen molar-refractivity contribution >= 4 is 11.8 Å². The van der Waals surface area contributed by atoms with Crippen LogP contribution in [0.2, 0.25) is 0 Å². The predicted molar refractivity (Wildman–Crippen MR) is 66.4 cm³/mol. The van der Waals surface area contributed by atoms with Gasteiger partial charge in [0.25, 0.3) is 5.91 Å². The lowest BCUT2D eigenvalue weighted by atomic mass is 9.90. The zero-order valence-corrected chi connectivity index (χ0v) is 11.7. The van der Waals surface area contributed by atoms with Gasteiger partial charge in [-0.15, -0.1) is 0 Å². The smallest absolute Gasteiger partial charge is 0.366 e. The molecular formula is C13H10F6N2O3. The first-order valence-corrected chi connectivity index (χ1v) is 6.43. The number of carbonyl (C=O) groups is 2. The number of hydroxylamine groups is 2. The van der Waals surface area contributed by atoms with Crippen LogP contribution in [-0.2, 0) is 15.8 Å². The molecule has 0 aromatic heterocycles. The number of amides is 2. The van der Waals surface area contributed by atoms with Crippen LogP contribution in [0.4, 0.5) is 26.3 Å². The summed E-state index contributed by atoms with van der Waals surface area (Å²) in [5, 5.41) is -0.0399. The summed E-state index contributed by atoms with van der Waals surface area (Å²) in [5.74, 6) is -4.27. The van der Waals surface area contributed by atoms with Gasteiger partial charge in [-0.3, -0.25) is 14.4 Å². The van der Waals surface area contributed by atoms with Crippen LogP contribution in [0.3, 0.4) is 0 Å². The second-order valence-corrected chi connectivity index (χ2v) is 4.97. The minimum absolute atomic E-state index is 0.0399. The Balaban J connectivity index is 2.45. The Hall–Kier alpha value is -2.30. The molecule has 0 saturated carbocycles. The molecule has 0 radical (unpaired) electrons. The summed E-state index contributed by atoms with van der Waals surface area (Å²) in [5.41, 5.74) is 1.93. The third-order valence-corrected chi connectivity index (χ3v) is 3.28. The van der Waals surface area contributed by atoms with Crippen molar-refractivity contribution in [3.63, 3.8) is 0 Å². The van der Waals surface area contributed by atoms with Crippen LogP contribution in [0.15, 0.2) is 18.2 Å². The molecule has 24 heavy (non-hydrogen) atoms. The maximum absolute atomic E-state index is 13.3. The van der Waals surface area contributed by atoms with Crippen molar-refractivity contribution in [2.24, 2.45) is 5.73 Å². The molecule has 0 spiro atoms. The highest BCUT2D eigenvalue weighted by Crippen LogP contribution is 2.40. The first-order valence-electron chi connectivity index (χ1n) is 6.43. The molecule has 11 heteroatoms. The van der Waals surface area contributed by atoms with Gasteiger partial charge in [0.2, 0.25) is 5.91 Å². The van der Waals surface area contributed by atoms with E-state index >= 15 is 0 Å². The van der Waals surface area contributed by atoms with Gasteiger partial charge in [-0.1, -0.05) is 12.1 Å². The van der Waals surface area contributed by atoms with Gasteiger partial charge in [0, 0.05) is 0 Å². The van der Waals surface area contributed by atoms with E-state index in [0.29, 0.717) is 0 Å². The van der Waals surface area contributed by atoms with Gasteiger partial charge in [0.15, 0.2) is 0 Å². The number of halogens is 6. The predicted octanol–water partition coefficient (Wildman–Crippen LogP) is 2.22. The molecule has 1 aromatic rings.